The van der Waals surface area contributed by atoms with E-state index in [2.05, 4.69) is 6.58 Å². The molecule has 2 heterocycles. The fourth-order valence-electron chi connectivity index (χ4n) is 0.454. The molecule has 0 nitrogen and oxygen atoms in total. The Morgan fingerprint density at radius 3 is 1.15 bits per heavy atom. The third-order valence-corrected chi connectivity index (χ3v) is 2.11. The Balaban J connectivity index is 0.000000174. The fourth-order valence-corrected chi connectivity index (χ4v) is 1.36. The van der Waals surface area contributed by atoms with Gasteiger partial charge in [-0.05, 0) is 21.5 Å². The van der Waals surface area contributed by atoms with Gasteiger partial charge in [-0.3, -0.25) is 0 Å². The van der Waals surface area contributed by atoms with Gasteiger partial charge >= 0.3 is 0 Å². The van der Waals surface area contributed by atoms with Crippen LogP contribution in [0.3, 0.4) is 0 Å². The molecule has 0 N–H and O–H groups in total. The number of rotatable bonds is 0. The number of hydrogen-bond acceptors (Lipinski definition) is 2. The molecule has 13 heavy (non-hydrogen) atoms. The molecule has 0 amide bonds. The Bertz CT molecular complexity index is 188. The average molecular weight is 214 g/mol. The number of halogens is 1. The molecule has 3 heteroatoms. The highest BCUT2D eigenvalue weighted by molar-refractivity contribution is 7.08. The van der Waals surface area contributed by atoms with Crippen LogP contribution in [0.15, 0.2) is 58.7 Å². The minimum Gasteiger partial charge on any atom is -0.216 e. The quantitative estimate of drug-likeness (QED) is 0.601. The molecule has 2 rings (SSSR count). The Labute approximate surface area is 86.0 Å². The van der Waals surface area contributed by atoms with Gasteiger partial charge in [0.2, 0.25) is 0 Å². The van der Waals surface area contributed by atoms with Crippen molar-refractivity contribution < 1.29 is 4.39 Å². The zero-order valence-electron chi connectivity index (χ0n) is 7.10. The first kappa shape index (κ1) is 12.1. The van der Waals surface area contributed by atoms with Crippen molar-refractivity contribution in [3.8, 4) is 0 Å². The largest absolute Gasteiger partial charge is 0.216 e. The Morgan fingerprint density at radius 2 is 1.08 bits per heavy atom. The van der Waals surface area contributed by atoms with E-state index >= 15 is 0 Å². The van der Waals surface area contributed by atoms with Gasteiger partial charge in [-0.1, -0.05) is 30.8 Å². The lowest BCUT2D eigenvalue weighted by Crippen LogP contribution is -1.16. The molecular weight excluding hydrogens is 203 g/mol. The minimum absolute atomic E-state index is 0.250. The van der Waals surface area contributed by atoms with Gasteiger partial charge in [-0.25, -0.2) is 4.39 Å². The molecule has 70 valence electrons. The summed E-state index contributed by atoms with van der Waals surface area (Å²) in [7, 11) is 0. The Hall–Kier alpha value is -0.930. The predicted octanol–water partition coefficient (Wildman–Crippen LogP) is 4.60. The van der Waals surface area contributed by atoms with Crippen molar-refractivity contribution in [2.45, 2.75) is 0 Å². The molecule has 0 atom stereocenters. The smallest absolute Gasteiger partial charge is 0.0795 e. The Morgan fingerprint density at radius 1 is 0.846 bits per heavy atom. The van der Waals surface area contributed by atoms with Crippen LogP contribution in [0.2, 0.25) is 0 Å². The second kappa shape index (κ2) is 11.1. The molecular formula is C10H11FS2. The first-order valence-electron chi connectivity index (χ1n) is 3.57. The van der Waals surface area contributed by atoms with E-state index < -0.39 is 0 Å². The average Bonchev–Trinajstić information content (AvgIpc) is 2.85. The highest BCUT2D eigenvalue weighted by atomic mass is 32.1. The lowest BCUT2D eigenvalue weighted by Gasteiger charge is -1.39. The van der Waals surface area contributed by atoms with Crippen LogP contribution in [0.1, 0.15) is 0 Å². The molecule has 0 saturated carbocycles. The molecule has 0 aromatic carbocycles. The summed E-state index contributed by atoms with van der Waals surface area (Å²) in [5, 5.41) is 8.17. The van der Waals surface area contributed by atoms with Crippen LogP contribution in [-0.4, -0.2) is 0 Å². The summed E-state index contributed by atoms with van der Waals surface area (Å²) in [5.41, 5.74) is 0. The van der Waals surface area contributed by atoms with Crippen LogP contribution < -0.4 is 0 Å². The van der Waals surface area contributed by atoms with Gasteiger partial charge in [0, 0.05) is 0 Å². The van der Waals surface area contributed by atoms with Gasteiger partial charge in [0.1, 0.15) is 0 Å². The maximum Gasteiger partial charge on any atom is 0.0795 e. The summed E-state index contributed by atoms with van der Waals surface area (Å²) in [4.78, 5) is 0. The summed E-state index contributed by atoms with van der Waals surface area (Å²) in [6.45, 7) is 2.69. The maximum absolute atomic E-state index is 10.1. The van der Waals surface area contributed by atoms with E-state index in [0.717, 1.165) is 0 Å². The van der Waals surface area contributed by atoms with Gasteiger partial charge in [-0.15, -0.1) is 0 Å². The van der Waals surface area contributed by atoms with Crippen LogP contribution in [0.5, 0.6) is 0 Å². The van der Waals surface area contributed by atoms with E-state index in [9.17, 15) is 4.39 Å². The van der Waals surface area contributed by atoms with Crippen molar-refractivity contribution in [3.63, 3.8) is 0 Å². The molecule has 0 saturated heterocycles. The Kier molecular flexibility index (Phi) is 10.3. The molecule has 0 fully saturated rings. The van der Waals surface area contributed by atoms with E-state index in [-0.39, 0.29) is 6.33 Å². The third-order valence-electron chi connectivity index (χ3n) is 0.851. The maximum atomic E-state index is 10.1. The molecule has 2 aromatic rings. The van der Waals surface area contributed by atoms with Crippen LogP contribution in [-0.2, 0) is 0 Å². The standard InChI is InChI=1S/2C4H4S.C2H3F/c2*1-2-4-5-3-1;1-2-3/h2*1-4H;2H,1H2. The summed E-state index contributed by atoms with van der Waals surface area (Å²) in [6, 6.07) is 8.07. The molecule has 0 aliphatic carbocycles. The van der Waals surface area contributed by atoms with Crippen LogP contribution >= 0.6 is 22.7 Å². The summed E-state index contributed by atoms with van der Waals surface area (Å²) >= 11 is 3.43. The van der Waals surface area contributed by atoms with E-state index in [0.29, 0.717) is 0 Å². The second-order valence-electron chi connectivity index (χ2n) is 1.74. The molecule has 0 radical (unpaired) electrons. The highest BCUT2D eigenvalue weighted by Gasteiger charge is 1.59. The molecule has 0 aliphatic rings. The molecule has 0 unspecified atom stereocenters. The monoisotopic (exact) mass is 214 g/mol. The predicted molar refractivity (Wildman–Crippen MR) is 59.9 cm³/mol. The first-order valence-corrected chi connectivity index (χ1v) is 5.45. The first-order chi connectivity index (χ1) is 6.41. The molecule has 2 aromatic heterocycles. The zero-order chi connectivity index (χ0) is 9.78. The van der Waals surface area contributed by atoms with E-state index in [4.69, 9.17) is 0 Å². The lowest BCUT2D eigenvalue weighted by atomic mass is 10.7. The van der Waals surface area contributed by atoms with Crippen molar-refractivity contribution in [2.24, 2.45) is 0 Å². The summed E-state index contributed by atoms with van der Waals surface area (Å²) in [5.74, 6) is 0. The summed E-state index contributed by atoms with van der Waals surface area (Å²) < 4.78 is 10.1. The van der Waals surface area contributed by atoms with Gasteiger partial charge in [0.25, 0.3) is 0 Å². The topological polar surface area (TPSA) is 0 Å². The highest BCUT2D eigenvalue weighted by Crippen LogP contribution is 1.92. The van der Waals surface area contributed by atoms with Gasteiger partial charge in [0.05, 0.1) is 6.33 Å². The summed E-state index contributed by atoms with van der Waals surface area (Å²) in [6.07, 6.45) is 0.250. The van der Waals surface area contributed by atoms with Gasteiger partial charge in [0.15, 0.2) is 0 Å². The number of thiophene rings is 2. The molecule has 0 bridgehead atoms. The third kappa shape index (κ3) is 11.1. The minimum atomic E-state index is 0.250. The van der Waals surface area contributed by atoms with Crippen LogP contribution in [0, 0.1) is 0 Å². The molecule has 0 aliphatic heterocycles. The van der Waals surface area contributed by atoms with E-state index in [1.165, 1.54) is 0 Å². The zero-order valence-corrected chi connectivity index (χ0v) is 8.73. The van der Waals surface area contributed by atoms with E-state index in [1.807, 2.05) is 45.8 Å². The van der Waals surface area contributed by atoms with Gasteiger partial charge < -0.3 is 0 Å². The molecule has 0 spiro atoms. The van der Waals surface area contributed by atoms with Crippen molar-refractivity contribution in [2.75, 3.05) is 0 Å². The fraction of sp³-hybridized carbons (Fsp3) is 0. The number of hydrogen-bond donors (Lipinski definition) is 0. The normalized spacial score (nSPS) is 7.15. The van der Waals surface area contributed by atoms with Crippen molar-refractivity contribution in [1.82, 2.24) is 0 Å². The van der Waals surface area contributed by atoms with Crippen molar-refractivity contribution >= 4 is 22.7 Å². The SMILES string of the molecule is C=CF.c1ccsc1.c1ccsc1. The van der Waals surface area contributed by atoms with Crippen LogP contribution in [0.4, 0.5) is 4.39 Å². The van der Waals surface area contributed by atoms with Crippen LogP contribution in [0.25, 0.3) is 0 Å². The van der Waals surface area contributed by atoms with E-state index in [1.54, 1.807) is 22.7 Å². The second-order valence-corrected chi connectivity index (χ2v) is 3.37. The van der Waals surface area contributed by atoms with Gasteiger partial charge in [-0.2, -0.15) is 22.7 Å². The lowest BCUT2D eigenvalue weighted by molar-refractivity contribution is 0.725. The van der Waals surface area contributed by atoms with Crippen molar-refractivity contribution in [3.05, 3.63) is 58.7 Å². The van der Waals surface area contributed by atoms with Crippen molar-refractivity contribution in [1.29, 1.82) is 0 Å².